The predicted octanol–water partition coefficient (Wildman–Crippen LogP) is 2.23. The number of nitrogen functional groups attached to an aromatic ring is 1. The predicted molar refractivity (Wildman–Crippen MR) is 75.0 cm³/mol. The van der Waals surface area contributed by atoms with Gasteiger partial charge in [-0.2, -0.15) is 0 Å². The normalized spacial score (nSPS) is 15.9. The Morgan fingerprint density at radius 3 is 2.72 bits per heavy atom. The summed E-state index contributed by atoms with van der Waals surface area (Å²) in [6, 6.07) is 8.34. The molecule has 1 fully saturated rings. The molecule has 0 saturated carbocycles. The van der Waals surface area contributed by atoms with Crippen LogP contribution < -0.4 is 10.6 Å². The highest BCUT2D eigenvalue weighted by Gasteiger charge is 2.16. The third-order valence-corrected chi connectivity index (χ3v) is 3.87. The standard InChI is InChI=1S/C13H15N3OS/c14-12-9-15-13(18-12)10-3-1-2-4-11(10)16-5-7-17-8-6-16/h1-4,9H,5-8,14H2. The number of aromatic nitrogens is 1. The summed E-state index contributed by atoms with van der Waals surface area (Å²) < 4.78 is 5.40. The maximum atomic E-state index is 5.77. The van der Waals surface area contributed by atoms with Gasteiger partial charge in [0.2, 0.25) is 0 Å². The van der Waals surface area contributed by atoms with E-state index in [0.717, 1.165) is 41.9 Å². The molecule has 1 aliphatic heterocycles. The van der Waals surface area contributed by atoms with Crippen molar-refractivity contribution in [2.75, 3.05) is 36.9 Å². The Hall–Kier alpha value is -1.59. The largest absolute Gasteiger partial charge is 0.389 e. The summed E-state index contributed by atoms with van der Waals surface area (Å²) in [4.78, 5) is 6.72. The molecule has 0 amide bonds. The van der Waals surface area contributed by atoms with Crippen LogP contribution in [0.1, 0.15) is 0 Å². The van der Waals surface area contributed by atoms with Crippen LogP contribution >= 0.6 is 11.3 Å². The molecule has 1 aromatic carbocycles. The van der Waals surface area contributed by atoms with Crippen LogP contribution in [-0.2, 0) is 4.74 Å². The fraction of sp³-hybridized carbons (Fsp3) is 0.308. The van der Waals surface area contributed by atoms with Gasteiger partial charge in [-0.05, 0) is 12.1 Å². The van der Waals surface area contributed by atoms with E-state index in [4.69, 9.17) is 10.5 Å². The zero-order valence-electron chi connectivity index (χ0n) is 10.0. The first kappa shape index (κ1) is 11.5. The number of nitrogens with two attached hydrogens (primary N) is 1. The van der Waals surface area contributed by atoms with Gasteiger partial charge >= 0.3 is 0 Å². The van der Waals surface area contributed by atoms with Crippen LogP contribution in [0.2, 0.25) is 0 Å². The maximum absolute atomic E-state index is 5.77. The number of ether oxygens (including phenoxy) is 1. The van der Waals surface area contributed by atoms with Crippen LogP contribution in [-0.4, -0.2) is 31.3 Å². The number of thiazole rings is 1. The lowest BCUT2D eigenvalue weighted by Crippen LogP contribution is -2.36. The van der Waals surface area contributed by atoms with Gasteiger partial charge in [-0.25, -0.2) is 4.98 Å². The van der Waals surface area contributed by atoms with Gasteiger partial charge in [0, 0.05) is 24.3 Å². The van der Waals surface area contributed by atoms with Gasteiger partial charge in [-0.15, -0.1) is 0 Å². The molecule has 94 valence electrons. The Labute approximate surface area is 110 Å². The van der Waals surface area contributed by atoms with Crippen molar-refractivity contribution in [3.63, 3.8) is 0 Å². The molecule has 0 unspecified atom stereocenters. The zero-order valence-corrected chi connectivity index (χ0v) is 10.8. The molecule has 1 aromatic heterocycles. The minimum absolute atomic E-state index is 0.752. The van der Waals surface area contributed by atoms with Gasteiger partial charge in [0.05, 0.1) is 19.4 Å². The molecule has 3 rings (SSSR count). The summed E-state index contributed by atoms with van der Waals surface area (Å²) in [6.07, 6.45) is 1.72. The Bertz CT molecular complexity index is 535. The second-order valence-corrected chi connectivity index (χ2v) is 5.25. The summed E-state index contributed by atoms with van der Waals surface area (Å²) >= 11 is 1.53. The first-order valence-corrected chi connectivity index (χ1v) is 6.79. The van der Waals surface area contributed by atoms with Crippen LogP contribution in [0.4, 0.5) is 10.7 Å². The average molecular weight is 261 g/mol. The number of anilines is 2. The summed E-state index contributed by atoms with van der Waals surface area (Å²) in [7, 11) is 0. The van der Waals surface area contributed by atoms with Crippen LogP contribution in [0, 0.1) is 0 Å². The van der Waals surface area contributed by atoms with Crippen LogP contribution in [0.3, 0.4) is 0 Å². The SMILES string of the molecule is Nc1cnc(-c2ccccc2N2CCOCC2)s1. The number of para-hydroxylation sites is 1. The van der Waals surface area contributed by atoms with Crippen LogP contribution in [0.15, 0.2) is 30.5 Å². The molecule has 0 radical (unpaired) electrons. The highest BCUT2D eigenvalue weighted by Crippen LogP contribution is 2.34. The van der Waals surface area contributed by atoms with Crippen molar-refractivity contribution in [2.45, 2.75) is 0 Å². The fourth-order valence-electron chi connectivity index (χ4n) is 2.15. The summed E-state index contributed by atoms with van der Waals surface area (Å²) in [5, 5.41) is 1.73. The van der Waals surface area contributed by atoms with E-state index in [1.807, 2.05) is 6.07 Å². The van der Waals surface area contributed by atoms with E-state index in [-0.39, 0.29) is 0 Å². The molecule has 2 heterocycles. The van der Waals surface area contributed by atoms with Crippen molar-refractivity contribution >= 4 is 22.0 Å². The molecule has 0 aliphatic carbocycles. The Kier molecular flexibility index (Phi) is 3.17. The molecule has 18 heavy (non-hydrogen) atoms. The summed E-state index contributed by atoms with van der Waals surface area (Å²) in [5.74, 6) is 0. The summed E-state index contributed by atoms with van der Waals surface area (Å²) in [6.45, 7) is 3.43. The lowest BCUT2D eigenvalue weighted by molar-refractivity contribution is 0.123. The van der Waals surface area contributed by atoms with E-state index in [9.17, 15) is 0 Å². The Balaban J connectivity index is 1.99. The quantitative estimate of drug-likeness (QED) is 0.900. The van der Waals surface area contributed by atoms with Crippen molar-refractivity contribution in [1.82, 2.24) is 4.98 Å². The second kappa shape index (κ2) is 4.96. The number of hydrogen-bond donors (Lipinski definition) is 1. The van der Waals surface area contributed by atoms with Gasteiger partial charge in [0.1, 0.15) is 10.0 Å². The molecular formula is C13H15N3OS. The molecule has 1 aliphatic rings. The van der Waals surface area contributed by atoms with Crippen LogP contribution in [0.5, 0.6) is 0 Å². The molecule has 0 bridgehead atoms. The van der Waals surface area contributed by atoms with Gasteiger partial charge in [0.15, 0.2) is 0 Å². The number of benzene rings is 1. The van der Waals surface area contributed by atoms with Gasteiger partial charge in [-0.3, -0.25) is 0 Å². The minimum Gasteiger partial charge on any atom is -0.389 e. The maximum Gasteiger partial charge on any atom is 0.127 e. The van der Waals surface area contributed by atoms with E-state index in [1.54, 1.807) is 6.20 Å². The molecular weight excluding hydrogens is 246 g/mol. The lowest BCUT2D eigenvalue weighted by Gasteiger charge is -2.30. The number of hydrogen-bond acceptors (Lipinski definition) is 5. The number of morpholine rings is 1. The van der Waals surface area contributed by atoms with E-state index in [1.165, 1.54) is 17.0 Å². The first-order chi connectivity index (χ1) is 8.84. The van der Waals surface area contributed by atoms with Gasteiger partial charge < -0.3 is 15.4 Å². The van der Waals surface area contributed by atoms with Crippen LogP contribution in [0.25, 0.3) is 10.6 Å². The highest BCUT2D eigenvalue weighted by molar-refractivity contribution is 7.18. The molecule has 5 heteroatoms. The van der Waals surface area contributed by atoms with Crippen molar-refractivity contribution in [3.8, 4) is 10.6 Å². The van der Waals surface area contributed by atoms with Gasteiger partial charge in [-0.1, -0.05) is 23.5 Å². The fourth-order valence-corrected chi connectivity index (χ4v) is 2.86. The van der Waals surface area contributed by atoms with E-state index < -0.39 is 0 Å². The molecule has 2 N–H and O–H groups in total. The van der Waals surface area contributed by atoms with Crippen molar-refractivity contribution in [1.29, 1.82) is 0 Å². The molecule has 0 spiro atoms. The van der Waals surface area contributed by atoms with Gasteiger partial charge in [0.25, 0.3) is 0 Å². The van der Waals surface area contributed by atoms with E-state index >= 15 is 0 Å². The topological polar surface area (TPSA) is 51.4 Å². The monoisotopic (exact) mass is 261 g/mol. The van der Waals surface area contributed by atoms with E-state index in [2.05, 4.69) is 28.1 Å². The Morgan fingerprint density at radius 1 is 1.22 bits per heavy atom. The van der Waals surface area contributed by atoms with Crippen molar-refractivity contribution < 1.29 is 4.74 Å². The lowest BCUT2D eigenvalue weighted by atomic mass is 10.1. The molecule has 1 saturated heterocycles. The average Bonchev–Trinajstić information content (AvgIpc) is 2.86. The van der Waals surface area contributed by atoms with E-state index in [0.29, 0.717) is 0 Å². The molecule has 4 nitrogen and oxygen atoms in total. The van der Waals surface area contributed by atoms with Crippen molar-refractivity contribution in [3.05, 3.63) is 30.5 Å². The second-order valence-electron chi connectivity index (χ2n) is 4.18. The Morgan fingerprint density at radius 2 is 2.00 bits per heavy atom. The third kappa shape index (κ3) is 2.19. The first-order valence-electron chi connectivity index (χ1n) is 5.98. The summed E-state index contributed by atoms with van der Waals surface area (Å²) in [5.41, 5.74) is 8.14. The zero-order chi connectivity index (χ0) is 12.4. The highest BCUT2D eigenvalue weighted by atomic mass is 32.1. The molecule has 0 atom stereocenters. The molecule has 2 aromatic rings. The number of nitrogens with zero attached hydrogens (tertiary/aromatic N) is 2. The van der Waals surface area contributed by atoms with Crippen molar-refractivity contribution in [2.24, 2.45) is 0 Å². The number of rotatable bonds is 2. The third-order valence-electron chi connectivity index (χ3n) is 3.01. The minimum atomic E-state index is 0.752. The smallest absolute Gasteiger partial charge is 0.127 e.